The molecule has 0 atom stereocenters. The van der Waals surface area contributed by atoms with Crippen molar-refractivity contribution in [2.24, 2.45) is 0 Å². The van der Waals surface area contributed by atoms with E-state index >= 15 is 0 Å². The molecule has 3 rings (SSSR count). The van der Waals surface area contributed by atoms with Crippen molar-refractivity contribution < 1.29 is 18.7 Å². The highest BCUT2D eigenvalue weighted by Gasteiger charge is 2.08. The Labute approximate surface area is 167 Å². The number of ether oxygens (including phenoxy) is 1. The molecule has 1 heterocycles. The van der Waals surface area contributed by atoms with E-state index in [4.69, 9.17) is 4.74 Å². The number of amides is 2. The van der Waals surface area contributed by atoms with Crippen molar-refractivity contribution in [1.82, 2.24) is 10.3 Å². The zero-order valence-corrected chi connectivity index (χ0v) is 15.4. The first kappa shape index (κ1) is 19.8. The summed E-state index contributed by atoms with van der Waals surface area (Å²) in [5, 5.41) is 5.41. The van der Waals surface area contributed by atoms with Gasteiger partial charge in [-0.15, -0.1) is 0 Å². The van der Waals surface area contributed by atoms with Crippen LogP contribution in [-0.4, -0.2) is 16.8 Å². The number of pyridine rings is 1. The van der Waals surface area contributed by atoms with Gasteiger partial charge in [-0.1, -0.05) is 12.6 Å². The van der Waals surface area contributed by atoms with E-state index in [2.05, 4.69) is 22.2 Å². The number of hydrogen-bond donors (Lipinski definition) is 2. The van der Waals surface area contributed by atoms with Crippen LogP contribution in [0.5, 0.6) is 11.6 Å². The van der Waals surface area contributed by atoms with E-state index in [-0.39, 0.29) is 24.2 Å². The van der Waals surface area contributed by atoms with Crippen LogP contribution in [0.25, 0.3) is 0 Å². The number of rotatable bonds is 7. The lowest BCUT2D eigenvalue weighted by atomic mass is 10.1. The Morgan fingerprint density at radius 1 is 1.10 bits per heavy atom. The van der Waals surface area contributed by atoms with Crippen molar-refractivity contribution in [1.29, 1.82) is 0 Å². The summed E-state index contributed by atoms with van der Waals surface area (Å²) in [6.45, 7) is 3.65. The number of nitrogens with zero attached hydrogens (tertiary/aromatic N) is 1. The first-order valence-corrected chi connectivity index (χ1v) is 8.73. The van der Waals surface area contributed by atoms with Crippen LogP contribution >= 0.6 is 0 Å². The van der Waals surface area contributed by atoms with Gasteiger partial charge in [-0.3, -0.25) is 9.59 Å². The standard InChI is InChI=1S/C22H18FN3O3/c1-2-20(27)26-18-5-3-4-16(13-18)22(28)25-14-15-10-11-24-21(12-15)29-19-8-6-17(23)7-9-19/h2-13H,1,14H2,(H,25,28)(H,26,27). The van der Waals surface area contributed by atoms with Crippen molar-refractivity contribution in [3.05, 3.63) is 96.5 Å². The molecule has 1 aromatic heterocycles. The third-order valence-corrected chi connectivity index (χ3v) is 3.87. The monoisotopic (exact) mass is 391 g/mol. The van der Waals surface area contributed by atoms with Gasteiger partial charge < -0.3 is 15.4 Å². The Kier molecular flexibility index (Phi) is 6.32. The molecule has 0 aliphatic carbocycles. The molecule has 2 N–H and O–H groups in total. The second kappa shape index (κ2) is 9.27. The number of hydrogen-bond acceptors (Lipinski definition) is 4. The van der Waals surface area contributed by atoms with E-state index in [1.54, 1.807) is 42.6 Å². The van der Waals surface area contributed by atoms with E-state index < -0.39 is 0 Å². The van der Waals surface area contributed by atoms with Crippen molar-refractivity contribution >= 4 is 17.5 Å². The van der Waals surface area contributed by atoms with Crippen molar-refractivity contribution in [2.45, 2.75) is 6.54 Å². The molecule has 0 saturated heterocycles. The van der Waals surface area contributed by atoms with Gasteiger partial charge in [0.05, 0.1) is 0 Å². The largest absolute Gasteiger partial charge is 0.439 e. The van der Waals surface area contributed by atoms with E-state index in [1.165, 1.54) is 24.3 Å². The summed E-state index contributed by atoms with van der Waals surface area (Å²) < 4.78 is 18.6. The smallest absolute Gasteiger partial charge is 0.251 e. The minimum atomic E-state index is -0.354. The average molecular weight is 391 g/mol. The number of anilines is 1. The molecule has 0 spiro atoms. The zero-order chi connectivity index (χ0) is 20.6. The maximum atomic E-state index is 13.0. The Morgan fingerprint density at radius 3 is 2.66 bits per heavy atom. The molecule has 0 aliphatic rings. The molecule has 2 aromatic carbocycles. The summed E-state index contributed by atoms with van der Waals surface area (Å²) in [6.07, 6.45) is 2.72. The van der Waals surface area contributed by atoms with Crippen molar-refractivity contribution in [3.8, 4) is 11.6 Å². The van der Waals surface area contributed by atoms with Crippen LogP contribution in [0.1, 0.15) is 15.9 Å². The molecule has 7 heteroatoms. The first-order chi connectivity index (χ1) is 14.0. The van der Waals surface area contributed by atoms with Crippen LogP contribution in [0.15, 0.2) is 79.5 Å². The van der Waals surface area contributed by atoms with Gasteiger partial charge in [0.15, 0.2) is 0 Å². The summed E-state index contributed by atoms with van der Waals surface area (Å²) in [6, 6.07) is 15.6. The normalized spacial score (nSPS) is 10.1. The Bertz CT molecular complexity index is 1040. The summed E-state index contributed by atoms with van der Waals surface area (Å²) in [5.74, 6) is -0.212. The quantitative estimate of drug-likeness (QED) is 0.595. The minimum absolute atomic E-state index is 0.254. The van der Waals surface area contributed by atoms with Crippen LogP contribution in [0.2, 0.25) is 0 Å². The number of carbonyl (C=O) groups excluding carboxylic acids is 2. The molecule has 2 amide bonds. The summed E-state index contributed by atoms with van der Waals surface area (Å²) in [7, 11) is 0. The lowest BCUT2D eigenvalue weighted by molar-refractivity contribution is -0.111. The molecule has 0 unspecified atom stereocenters. The fourth-order valence-corrected chi connectivity index (χ4v) is 2.46. The van der Waals surface area contributed by atoms with Crippen LogP contribution in [0.3, 0.4) is 0 Å². The molecule has 0 saturated carbocycles. The molecular formula is C22H18FN3O3. The van der Waals surface area contributed by atoms with Crippen LogP contribution in [0, 0.1) is 5.82 Å². The van der Waals surface area contributed by atoms with Gasteiger partial charge in [-0.05, 0) is 60.2 Å². The van der Waals surface area contributed by atoms with Gasteiger partial charge in [0, 0.05) is 30.1 Å². The molecule has 146 valence electrons. The highest BCUT2D eigenvalue weighted by molar-refractivity contribution is 6.00. The van der Waals surface area contributed by atoms with Crippen molar-refractivity contribution in [3.63, 3.8) is 0 Å². The van der Waals surface area contributed by atoms with Gasteiger partial charge in [0.25, 0.3) is 5.91 Å². The summed E-state index contributed by atoms with van der Waals surface area (Å²) in [5.41, 5.74) is 1.69. The van der Waals surface area contributed by atoms with Gasteiger partial charge in [0.1, 0.15) is 11.6 Å². The maximum Gasteiger partial charge on any atom is 0.251 e. The lowest BCUT2D eigenvalue weighted by Gasteiger charge is -2.09. The number of halogens is 1. The summed E-state index contributed by atoms with van der Waals surface area (Å²) in [4.78, 5) is 27.9. The van der Waals surface area contributed by atoms with Gasteiger partial charge in [-0.25, -0.2) is 9.37 Å². The van der Waals surface area contributed by atoms with Gasteiger partial charge >= 0.3 is 0 Å². The first-order valence-electron chi connectivity index (χ1n) is 8.73. The number of aromatic nitrogens is 1. The SMILES string of the molecule is C=CC(=O)Nc1cccc(C(=O)NCc2ccnc(Oc3ccc(F)cc3)c2)c1. The van der Waals surface area contributed by atoms with Crippen LogP contribution in [0.4, 0.5) is 10.1 Å². The highest BCUT2D eigenvalue weighted by Crippen LogP contribution is 2.20. The van der Waals surface area contributed by atoms with E-state index in [0.717, 1.165) is 11.6 Å². The van der Waals surface area contributed by atoms with Crippen molar-refractivity contribution in [2.75, 3.05) is 5.32 Å². The van der Waals surface area contributed by atoms with E-state index in [1.807, 2.05) is 0 Å². The van der Waals surface area contributed by atoms with E-state index in [0.29, 0.717) is 22.9 Å². The average Bonchev–Trinajstić information content (AvgIpc) is 2.74. The second-order valence-corrected chi connectivity index (χ2v) is 6.02. The lowest BCUT2D eigenvalue weighted by Crippen LogP contribution is -2.23. The molecule has 3 aromatic rings. The Balaban J connectivity index is 1.61. The minimum Gasteiger partial charge on any atom is -0.439 e. The third kappa shape index (κ3) is 5.74. The second-order valence-electron chi connectivity index (χ2n) is 6.02. The number of carbonyl (C=O) groups is 2. The predicted molar refractivity (Wildman–Crippen MR) is 107 cm³/mol. The fraction of sp³-hybridized carbons (Fsp3) is 0.0455. The third-order valence-electron chi connectivity index (χ3n) is 3.87. The van der Waals surface area contributed by atoms with Gasteiger partial charge in [-0.2, -0.15) is 0 Å². The topological polar surface area (TPSA) is 80.3 Å². The Morgan fingerprint density at radius 2 is 1.90 bits per heavy atom. The number of nitrogens with one attached hydrogen (secondary N) is 2. The Hall–Kier alpha value is -4.00. The maximum absolute atomic E-state index is 13.0. The molecular weight excluding hydrogens is 373 g/mol. The molecule has 0 fully saturated rings. The fourth-order valence-electron chi connectivity index (χ4n) is 2.46. The molecule has 29 heavy (non-hydrogen) atoms. The molecule has 0 bridgehead atoms. The molecule has 6 nitrogen and oxygen atoms in total. The highest BCUT2D eigenvalue weighted by atomic mass is 19.1. The predicted octanol–water partition coefficient (Wildman–Crippen LogP) is 4.07. The van der Waals surface area contributed by atoms with Crippen LogP contribution < -0.4 is 15.4 Å². The molecule has 0 aliphatic heterocycles. The summed E-state index contributed by atoms with van der Waals surface area (Å²) >= 11 is 0. The van der Waals surface area contributed by atoms with E-state index in [9.17, 15) is 14.0 Å². The van der Waals surface area contributed by atoms with Gasteiger partial charge in [0.2, 0.25) is 11.8 Å². The number of benzene rings is 2. The molecule has 0 radical (unpaired) electrons. The zero-order valence-electron chi connectivity index (χ0n) is 15.4. The van der Waals surface area contributed by atoms with Crippen LogP contribution in [-0.2, 0) is 11.3 Å².